The molecule has 0 spiro atoms. The van der Waals surface area contributed by atoms with Gasteiger partial charge >= 0.3 is 0 Å². The largest absolute Gasteiger partial charge is 0.344 e. The normalized spacial score (nSPS) is 13.6. The summed E-state index contributed by atoms with van der Waals surface area (Å²) < 4.78 is 5.63. The van der Waals surface area contributed by atoms with Gasteiger partial charge in [0.2, 0.25) is 17.6 Å². The lowest BCUT2D eigenvalue weighted by atomic mass is 9.81. The fraction of sp³-hybridized carbons (Fsp3) is 0.321. The van der Waals surface area contributed by atoms with Gasteiger partial charge in [-0.25, -0.2) is 0 Å². The molecule has 0 aliphatic heterocycles. The van der Waals surface area contributed by atoms with Crippen molar-refractivity contribution in [3.8, 4) is 11.4 Å². The highest BCUT2D eigenvalue weighted by molar-refractivity contribution is 5.79. The topological polar surface area (TPSA) is 100 Å². The summed E-state index contributed by atoms with van der Waals surface area (Å²) in [5, 5.41) is 16.8. The summed E-state index contributed by atoms with van der Waals surface area (Å²) in [5.74, 6) is 0.139. The molecule has 1 heterocycles. The Morgan fingerprint density at radius 2 is 1.74 bits per heavy atom. The molecule has 0 saturated heterocycles. The van der Waals surface area contributed by atoms with Crippen molar-refractivity contribution < 1.29 is 14.5 Å². The minimum absolute atomic E-state index is 0.164. The summed E-state index contributed by atoms with van der Waals surface area (Å²) in [4.78, 5) is 18.3. The van der Waals surface area contributed by atoms with Crippen molar-refractivity contribution in [2.45, 2.75) is 39.2 Å². The number of rotatable bonds is 13. The van der Waals surface area contributed by atoms with E-state index in [1.54, 1.807) is 6.08 Å². The lowest BCUT2D eigenvalue weighted by Crippen LogP contribution is -2.40. The van der Waals surface area contributed by atoms with Crippen LogP contribution in [0.4, 0.5) is 0 Å². The zero-order valence-corrected chi connectivity index (χ0v) is 20.4. The molecular formula is C28H34N4O3. The van der Waals surface area contributed by atoms with Gasteiger partial charge in [-0.15, -0.1) is 6.58 Å². The van der Waals surface area contributed by atoms with Crippen molar-refractivity contribution in [1.82, 2.24) is 20.9 Å². The summed E-state index contributed by atoms with van der Waals surface area (Å²) in [7, 11) is 0. The Balaban J connectivity index is 1.91. The molecule has 1 amide bonds. The number of nitrogens with one attached hydrogen (secondary N) is 2. The predicted octanol–water partition coefficient (Wildman–Crippen LogP) is 5.48. The maximum atomic E-state index is 13.7. The number of hydroxylamine groups is 1. The molecule has 0 radical (unpaired) electrons. The second-order valence-electron chi connectivity index (χ2n) is 9.08. The Labute approximate surface area is 206 Å². The highest BCUT2D eigenvalue weighted by atomic mass is 16.5. The van der Waals surface area contributed by atoms with Crippen LogP contribution in [0.2, 0.25) is 0 Å². The maximum absolute atomic E-state index is 13.7. The first-order valence-electron chi connectivity index (χ1n) is 11.9. The molecule has 35 heavy (non-hydrogen) atoms. The highest BCUT2D eigenvalue weighted by Crippen LogP contribution is 2.30. The number of nitrogens with zero attached hydrogens (tertiary/aromatic N) is 2. The van der Waals surface area contributed by atoms with Crippen LogP contribution in [0.3, 0.4) is 0 Å². The predicted molar refractivity (Wildman–Crippen MR) is 136 cm³/mol. The van der Waals surface area contributed by atoms with Crippen LogP contribution in [0, 0.1) is 17.8 Å². The van der Waals surface area contributed by atoms with Gasteiger partial charge in [0.1, 0.15) is 6.04 Å². The third-order valence-corrected chi connectivity index (χ3v) is 5.93. The molecule has 0 aliphatic carbocycles. The molecule has 0 bridgehead atoms. The van der Waals surface area contributed by atoms with Gasteiger partial charge in [0.25, 0.3) is 0 Å². The molecule has 2 aromatic carbocycles. The van der Waals surface area contributed by atoms with Gasteiger partial charge < -0.3 is 9.84 Å². The van der Waals surface area contributed by atoms with E-state index < -0.39 is 12.0 Å². The van der Waals surface area contributed by atoms with Crippen molar-refractivity contribution in [2.24, 2.45) is 17.8 Å². The van der Waals surface area contributed by atoms with Gasteiger partial charge in [0, 0.05) is 29.5 Å². The molecule has 0 unspecified atom stereocenters. The van der Waals surface area contributed by atoms with Crippen molar-refractivity contribution in [2.75, 3.05) is 0 Å². The van der Waals surface area contributed by atoms with Crippen LogP contribution >= 0.6 is 0 Å². The molecule has 0 fully saturated rings. The smallest absolute Gasteiger partial charge is 0.249 e. The van der Waals surface area contributed by atoms with Crippen LogP contribution in [-0.2, 0) is 11.2 Å². The van der Waals surface area contributed by atoms with E-state index in [4.69, 9.17) is 4.52 Å². The summed E-state index contributed by atoms with van der Waals surface area (Å²) in [5.41, 5.74) is 4.39. The number of hydrogen-bond donors (Lipinski definition) is 3. The highest BCUT2D eigenvalue weighted by Gasteiger charge is 2.33. The second-order valence-corrected chi connectivity index (χ2v) is 9.08. The fourth-order valence-electron chi connectivity index (χ4n) is 4.18. The zero-order chi connectivity index (χ0) is 25.2. The minimum Gasteiger partial charge on any atom is -0.344 e. The van der Waals surface area contributed by atoms with E-state index >= 15 is 0 Å². The van der Waals surface area contributed by atoms with Crippen LogP contribution in [0.25, 0.3) is 11.4 Å². The number of amides is 1. The van der Waals surface area contributed by atoms with Gasteiger partial charge in [-0.3, -0.25) is 15.5 Å². The van der Waals surface area contributed by atoms with Crippen LogP contribution in [0.1, 0.15) is 44.2 Å². The van der Waals surface area contributed by atoms with Crippen LogP contribution in [-0.4, -0.2) is 21.3 Å². The van der Waals surface area contributed by atoms with Gasteiger partial charge in [0.15, 0.2) is 0 Å². The Kier molecular flexibility index (Phi) is 9.38. The standard InChI is InChI=1S/C28H34N4O3/c1-5-12-23(20(4)31-34)24(17-19(2)3)27(33)29-25(18-21-13-8-6-9-14-21)28-30-26(32-35-28)22-15-10-7-11-16-22/h5-11,13-16,19,23-25,31,34H,1,4,12,17-18H2,2-3H3,(H,29,33)/t23-,24-,25+/m1/s1. The summed E-state index contributed by atoms with van der Waals surface area (Å²) in [6, 6.07) is 18.9. The van der Waals surface area contributed by atoms with E-state index in [1.807, 2.05) is 60.7 Å². The molecule has 7 heteroatoms. The third-order valence-electron chi connectivity index (χ3n) is 5.93. The molecular weight excluding hydrogens is 440 g/mol. The molecule has 0 aliphatic rings. The third kappa shape index (κ3) is 7.13. The Bertz CT molecular complexity index is 1100. The molecule has 3 atom stereocenters. The van der Waals surface area contributed by atoms with Gasteiger partial charge in [-0.05, 0) is 24.3 Å². The van der Waals surface area contributed by atoms with E-state index in [2.05, 4.69) is 47.9 Å². The molecule has 184 valence electrons. The monoisotopic (exact) mass is 474 g/mol. The first-order chi connectivity index (χ1) is 16.9. The van der Waals surface area contributed by atoms with Gasteiger partial charge in [-0.1, -0.05) is 92.3 Å². The van der Waals surface area contributed by atoms with Crippen molar-refractivity contribution in [3.63, 3.8) is 0 Å². The number of hydrogen-bond acceptors (Lipinski definition) is 6. The van der Waals surface area contributed by atoms with Crippen molar-refractivity contribution in [1.29, 1.82) is 0 Å². The molecule has 7 nitrogen and oxygen atoms in total. The average molecular weight is 475 g/mol. The minimum atomic E-state index is -0.524. The van der Waals surface area contributed by atoms with Crippen molar-refractivity contribution in [3.05, 3.63) is 97.0 Å². The fourth-order valence-corrected chi connectivity index (χ4v) is 4.18. The average Bonchev–Trinajstić information content (AvgIpc) is 3.36. The summed E-state index contributed by atoms with van der Waals surface area (Å²) >= 11 is 0. The van der Waals surface area contributed by atoms with Crippen LogP contribution in [0.15, 0.2) is 90.1 Å². The number of carbonyl (C=O) groups is 1. The molecule has 1 aromatic heterocycles. The first kappa shape index (κ1) is 25.9. The Morgan fingerprint density at radius 1 is 1.09 bits per heavy atom. The Hall–Kier alpha value is -3.71. The first-order valence-corrected chi connectivity index (χ1v) is 11.9. The summed E-state index contributed by atoms with van der Waals surface area (Å²) in [6.45, 7) is 11.9. The van der Waals surface area contributed by atoms with Gasteiger partial charge in [0.05, 0.1) is 0 Å². The number of benzene rings is 2. The SMILES string of the molecule is C=CC[C@H](C(=C)NO)[C@@H](CC(C)C)C(=O)N[C@@H](Cc1ccccc1)c1nc(-c2ccccc2)no1. The lowest BCUT2D eigenvalue weighted by Gasteiger charge is -2.29. The van der Waals surface area contributed by atoms with Crippen LogP contribution in [0.5, 0.6) is 0 Å². The molecule has 3 aromatic rings. The number of aromatic nitrogens is 2. The molecule has 3 N–H and O–H groups in total. The molecule has 0 saturated carbocycles. The quantitative estimate of drug-likeness (QED) is 0.224. The lowest BCUT2D eigenvalue weighted by molar-refractivity contribution is -0.128. The van der Waals surface area contributed by atoms with E-state index in [0.717, 1.165) is 11.1 Å². The maximum Gasteiger partial charge on any atom is 0.249 e. The summed E-state index contributed by atoms with van der Waals surface area (Å²) in [6.07, 6.45) is 3.34. The van der Waals surface area contributed by atoms with Gasteiger partial charge in [-0.2, -0.15) is 4.98 Å². The van der Waals surface area contributed by atoms with Crippen molar-refractivity contribution >= 4 is 5.91 Å². The van der Waals surface area contributed by atoms with E-state index in [0.29, 0.717) is 36.7 Å². The number of carbonyl (C=O) groups excluding carboxylic acids is 1. The second kappa shape index (κ2) is 12.7. The molecule has 3 rings (SSSR count). The van der Waals surface area contributed by atoms with E-state index in [1.165, 1.54) is 0 Å². The number of allylic oxidation sites excluding steroid dienone is 2. The van der Waals surface area contributed by atoms with Crippen LogP contribution < -0.4 is 10.8 Å². The van der Waals surface area contributed by atoms with E-state index in [9.17, 15) is 10.0 Å². The zero-order valence-electron chi connectivity index (χ0n) is 20.4. The van der Waals surface area contributed by atoms with E-state index in [-0.39, 0.29) is 17.7 Å². The Morgan fingerprint density at radius 3 is 2.34 bits per heavy atom.